The van der Waals surface area contributed by atoms with E-state index < -0.39 is 10.8 Å². The van der Waals surface area contributed by atoms with E-state index in [4.69, 9.17) is 33.2 Å². The van der Waals surface area contributed by atoms with Crippen LogP contribution < -0.4 is 18.9 Å². The third-order valence-corrected chi connectivity index (χ3v) is 14.1. The van der Waals surface area contributed by atoms with Gasteiger partial charge in [-0.05, 0) is 115 Å². The lowest BCUT2D eigenvalue weighted by atomic mass is 9.68. The minimum atomic E-state index is -0.544. The first-order valence-corrected chi connectivity index (χ1v) is 23.9. The normalized spacial score (nSPS) is 17.6. The summed E-state index contributed by atoms with van der Waals surface area (Å²) in [5.41, 5.74) is 13.5. The molecule has 0 bridgehead atoms. The molecule has 12 rings (SSSR count). The maximum absolute atomic E-state index is 6.49. The van der Waals surface area contributed by atoms with Gasteiger partial charge in [-0.1, -0.05) is 152 Å². The summed E-state index contributed by atoms with van der Waals surface area (Å²) in [4.78, 5) is 0. The van der Waals surface area contributed by atoms with Gasteiger partial charge in [-0.15, -0.1) is 6.58 Å². The molecule has 2 unspecified atom stereocenters. The highest BCUT2D eigenvalue weighted by Gasteiger charge is 2.47. The van der Waals surface area contributed by atoms with Gasteiger partial charge in [0.1, 0.15) is 67.7 Å². The zero-order valence-corrected chi connectivity index (χ0v) is 38.3. The molecule has 2 atom stereocenters. The average Bonchev–Trinajstić information content (AvgIpc) is 4.37. The maximum atomic E-state index is 6.49. The van der Waals surface area contributed by atoms with Gasteiger partial charge in [0.05, 0.1) is 30.7 Å². The van der Waals surface area contributed by atoms with Crippen molar-refractivity contribution in [2.75, 3.05) is 46.2 Å². The molecule has 2 aliphatic carbocycles. The minimum absolute atomic E-state index is 0.192. The summed E-state index contributed by atoms with van der Waals surface area (Å²) in [5.74, 6) is 3.16. The van der Waals surface area contributed by atoms with Crippen molar-refractivity contribution < 1.29 is 33.2 Å². The highest BCUT2D eigenvalue weighted by molar-refractivity contribution is 5.87. The van der Waals surface area contributed by atoms with Gasteiger partial charge >= 0.3 is 0 Å². The van der Waals surface area contributed by atoms with E-state index in [1.807, 2.05) is 0 Å². The number of ether oxygens (including phenoxy) is 7. The fourth-order valence-electron chi connectivity index (χ4n) is 10.7. The summed E-state index contributed by atoms with van der Waals surface area (Å²) in [5, 5.41) is 0. The highest BCUT2D eigenvalue weighted by Crippen LogP contribution is 2.58. The smallest absolute Gasteiger partial charge is 0.126 e. The van der Waals surface area contributed by atoms with Crippen LogP contribution >= 0.6 is 0 Å². The number of fused-ring (bicyclic) bond motifs is 6. The highest BCUT2D eigenvalue weighted by atomic mass is 16.6. The van der Waals surface area contributed by atoms with Crippen LogP contribution in [0.1, 0.15) is 44.5 Å². The summed E-state index contributed by atoms with van der Waals surface area (Å²) >= 11 is 0. The molecule has 2 aliphatic heterocycles. The van der Waals surface area contributed by atoms with Crippen molar-refractivity contribution in [1.82, 2.24) is 0 Å². The van der Waals surface area contributed by atoms with Gasteiger partial charge in [-0.25, -0.2) is 0 Å². The van der Waals surface area contributed by atoms with Crippen LogP contribution in [0, 0.1) is 0 Å². The Hall–Kier alpha value is -7.42. The van der Waals surface area contributed by atoms with Crippen LogP contribution in [-0.4, -0.2) is 64.6 Å². The van der Waals surface area contributed by atoms with Crippen molar-refractivity contribution in [3.05, 3.63) is 251 Å². The Morgan fingerprint density at radius 1 is 0.420 bits per heavy atom. The van der Waals surface area contributed by atoms with Crippen molar-refractivity contribution >= 4 is 0 Å². The molecule has 2 heterocycles. The molecule has 0 amide bonds. The van der Waals surface area contributed by atoms with E-state index in [2.05, 4.69) is 201 Å². The third-order valence-electron chi connectivity index (χ3n) is 14.1. The molecule has 4 aliphatic rings. The number of hydrogen-bond acceptors (Lipinski definition) is 7. The van der Waals surface area contributed by atoms with Crippen LogP contribution in [0.15, 0.2) is 207 Å². The molecule has 8 aromatic carbocycles. The Balaban J connectivity index is 0.786. The fraction of sp³-hybridized carbons (Fsp3) is 0.194. The Morgan fingerprint density at radius 3 is 1.00 bits per heavy atom. The van der Waals surface area contributed by atoms with E-state index in [0.29, 0.717) is 33.0 Å². The summed E-state index contributed by atoms with van der Waals surface area (Å²) in [6, 6.07) is 69.2. The SMILES string of the molecule is C=CCOC(COc1ccc(C2(c3ccc(OCC4CO4)cc3)c3ccccc3-c3ccccc32)cc1)COc1ccc(C2(c3ccc(OCC4CO4)cc3)c3ccccc3-c3ccccc32)cc1. The molecule has 0 radical (unpaired) electrons. The number of rotatable bonds is 19. The fourth-order valence-corrected chi connectivity index (χ4v) is 10.7. The molecule has 0 N–H and O–H groups in total. The van der Waals surface area contributed by atoms with Crippen LogP contribution in [0.4, 0.5) is 0 Å². The van der Waals surface area contributed by atoms with Crippen molar-refractivity contribution in [2.24, 2.45) is 0 Å². The van der Waals surface area contributed by atoms with Crippen LogP contribution in [0.2, 0.25) is 0 Å². The van der Waals surface area contributed by atoms with E-state index in [9.17, 15) is 0 Å². The lowest BCUT2D eigenvalue weighted by molar-refractivity contribution is 0.00607. The van der Waals surface area contributed by atoms with Gasteiger partial charge in [-0.2, -0.15) is 0 Å². The van der Waals surface area contributed by atoms with Crippen LogP contribution in [0.25, 0.3) is 22.3 Å². The van der Waals surface area contributed by atoms with E-state index in [1.165, 1.54) is 55.6 Å². The van der Waals surface area contributed by atoms with Crippen molar-refractivity contribution in [3.8, 4) is 45.3 Å². The summed E-state index contributed by atoms with van der Waals surface area (Å²) in [6.45, 7) is 7.51. The van der Waals surface area contributed by atoms with Gasteiger partial charge < -0.3 is 33.2 Å². The van der Waals surface area contributed by atoms with Gasteiger partial charge in [0.2, 0.25) is 0 Å². The number of hydrogen-bond donors (Lipinski definition) is 0. The Morgan fingerprint density at radius 2 is 0.710 bits per heavy atom. The van der Waals surface area contributed by atoms with Gasteiger partial charge in [-0.3, -0.25) is 0 Å². The topological polar surface area (TPSA) is 71.2 Å². The molecular weight excluding hydrogens is 857 g/mol. The largest absolute Gasteiger partial charge is 0.491 e. The lowest BCUT2D eigenvalue weighted by Crippen LogP contribution is -2.29. The Kier molecular flexibility index (Phi) is 11.3. The molecule has 69 heavy (non-hydrogen) atoms. The van der Waals surface area contributed by atoms with E-state index >= 15 is 0 Å². The van der Waals surface area contributed by atoms with Crippen molar-refractivity contribution in [2.45, 2.75) is 29.1 Å². The molecule has 7 nitrogen and oxygen atoms in total. The second kappa shape index (κ2) is 18.2. The van der Waals surface area contributed by atoms with Gasteiger partial charge in [0, 0.05) is 0 Å². The first-order chi connectivity index (χ1) is 34.1. The molecule has 7 heteroatoms. The minimum Gasteiger partial charge on any atom is -0.491 e. The third kappa shape index (κ3) is 7.86. The van der Waals surface area contributed by atoms with Crippen molar-refractivity contribution in [3.63, 3.8) is 0 Å². The molecular formula is C62H52O7. The average molecular weight is 909 g/mol. The number of epoxide rings is 2. The van der Waals surface area contributed by atoms with Crippen molar-refractivity contribution in [1.29, 1.82) is 0 Å². The van der Waals surface area contributed by atoms with Gasteiger partial charge in [0.15, 0.2) is 0 Å². The Labute approximate surface area is 403 Å². The summed E-state index contributed by atoms with van der Waals surface area (Å²) < 4.78 is 42.1. The molecule has 2 fully saturated rings. The standard InChI is InChI=1S/C62H52O7/c1-2-35-63-50(36-64-46-27-19-42(20-28-46)61(44-23-31-48(32-24-44)66-38-51-40-68-51)57-15-7-3-11-53(57)54-12-4-8-16-58(54)61)37-65-47-29-21-43(22-30-47)62(45-25-33-49(34-26-45)67-39-52-41-69-52)59-17-9-5-13-55(59)56-14-6-10-18-60(56)62/h2-34,50-52H,1,35-41H2. The van der Waals surface area contributed by atoms with E-state index in [0.717, 1.165) is 47.3 Å². The number of benzene rings is 8. The summed E-state index contributed by atoms with van der Waals surface area (Å²) in [7, 11) is 0. The first kappa shape index (κ1) is 42.9. The lowest BCUT2D eigenvalue weighted by Gasteiger charge is -2.34. The monoisotopic (exact) mass is 908 g/mol. The van der Waals surface area contributed by atoms with Gasteiger partial charge in [0.25, 0.3) is 0 Å². The first-order valence-electron chi connectivity index (χ1n) is 23.9. The van der Waals surface area contributed by atoms with Crippen LogP contribution in [0.5, 0.6) is 23.0 Å². The van der Waals surface area contributed by atoms with E-state index in [-0.39, 0.29) is 18.3 Å². The second-order valence-electron chi connectivity index (χ2n) is 18.2. The molecule has 2 saturated heterocycles. The molecule has 8 aromatic rings. The zero-order valence-electron chi connectivity index (χ0n) is 38.3. The molecule has 342 valence electrons. The zero-order chi connectivity index (χ0) is 46.2. The molecule has 0 spiro atoms. The predicted octanol–water partition coefficient (Wildman–Crippen LogP) is 12.0. The maximum Gasteiger partial charge on any atom is 0.126 e. The van der Waals surface area contributed by atoms with Crippen LogP contribution in [-0.2, 0) is 25.0 Å². The Bertz CT molecular complexity index is 2800. The quantitative estimate of drug-likeness (QED) is 0.0591. The van der Waals surface area contributed by atoms with Crippen LogP contribution in [0.3, 0.4) is 0 Å². The molecule has 0 saturated carbocycles. The predicted molar refractivity (Wildman–Crippen MR) is 269 cm³/mol. The second-order valence-corrected chi connectivity index (χ2v) is 18.2. The summed E-state index contributed by atoms with van der Waals surface area (Å²) in [6.07, 6.45) is 1.78. The van der Waals surface area contributed by atoms with E-state index in [1.54, 1.807) is 6.08 Å². The molecule has 0 aromatic heterocycles.